The summed E-state index contributed by atoms with van der Waals surface area (Å²) in [5.41, 5.74) is 6.71. The van der Waals surface area contributed by atoms with Crippen LogP contribution in [0.5, 0.6) is 5.88 Å². The molecule has 0 bridgehead atoms. The Morgan fingerprint density at radius 3 is 2.67 bits per heavy atom. The molecule has 0 aliphatic rings. The zero-order valence-corrected chi connectivity index (χ0v) is 9.73. The second-order valence-electron chi connectivity index (χ2n) is 4.35. The Labute approximate surface area is 91.7 Å². The van der Waals surface area contributed by atoms with E-state index in [1.54, 1.807) is 0 Å². The summed E-state index contributed by atoms with van der Waals surface area (Å²) in [6.07, 6.45) is 0.791. The fourth-order valence-electron chi connectivity index (χ4n) is 1.23. The van der Waals surface area contributed by atoms with E-state index in [-0.39, 0.29) is 6.04 Å². The third-order valence-electron chi connectivity index (χ3n) is 1.88. The van der Waals surface area contributed by atoms with Crippen molar-refractivity contribution in [2.24, 2.45) is 11.7 Å². The Morgan fingerprint density at radius 1 is 1.33 bits per heavy atom. The Morgan fingerprint density at radius 2 is 2.07 bits per heavy atom. The molecule has 1 atom stereocenters. The van der Waals surface area contributed by atoms with E-state index in [1.807, 2.05) is 25.1 Å². The van der Waals surface area contributed by atoms with E-state index >= 15 is 0 Å². The molecule has 0 amide bonds. The van der Waals surface area contributed by atoms with Crippen LogP contribution in [0.15, 0.2) is 18.2 Å². The highest BCUT2D eigenvalue weighted by Crippen LogP contribution is 2.10. The summed E-state index contributed by atoms with van der Waals surface area (Å²) in [4.78, 5) is 4.38. The predicted molar refractivity (Wildman–Crippen MR) is 61.9 cm³/mol. The number of ether oxygens (including phenoxy) is 1. The smallest absolute Gasteiger partial charge is 0.213 e. The molecule has 0 saturated heterocycles. The molecule has 1 heterocycles. The second kappa shape index (κ2) is 5.71. The minimum absolute atomic E-state index is 0.137. The van der Waals surface area contributed by atoms with Crippen LogP contribution < -0.4 is 10.5 Å². The lowest BCUT2D eigenvalue weighted by molar-refractivity contribution is 0.260. The second-order valence-corrected chi connectivity index (χ2v) is 4.35. The molecule has 0 saturated carbocycles. The molecular weight excluding hydrogens is 188 g/mol. The van der Waals surface area contributed by atoms with Gasteiger partial charge in [0.25, 0.3) is 0 Å². The van der Waals surface area contributed by atoms with Gasteiger partial charge in [-0.25, -0.2) is 4.98 Å². The highest BCUT2D eigenvalue weighted by Gasteiger charge is 2.02. The number of nitrogens with two attached hydrogens (primary N) is 1. The van der Waals surface area contributed by atoms with Crippen LogP contribution in [0, 0.1) is 5.92 Å². The van der Waals surface area contributed by atoms with Crippen molar-refractivity contribution in [3.63, 3.8) is 0 Å². The van der Waals surface area contributed by atoms with E-state index in [1.165, 1.54) is 0 Å². The number of rotatable bonds is 5. The van der Waals surface area contributed by atoms with Crippen LogP contribution in [0.1, 0.15) is 26.5 Å². The van der Waals surface area contributed by atoms with Gasteiger partial charge in [-0.3, -0.25) is 0 Å². The first-order valence-corrected chi connectivity index (χ1v) is 5.42. The number of pyridine rings is 1. The van der Waals surface area contributed by atoms with Gasteiger partial charge < -0.3 is 10.5 Å². The van der Waals surface area contributed by atoms with Crippen LogP contribution in [0.2, 0.25) is 0 Å². The van der Waals surface area contributed by atoms with E-state index in [4.69, 9.17) is 10.5 Å². The molecule has 0 aromatic carbocycles. The maximum Gasteiger partial charge on any atom is 0.213 e. The van der Waals surface area contributed by atoms with Gasteiger partial charge in [-0.2, -0.15) is 0 Å². The van der Waals surface area contributed by atoms with Crippen molar-refractivity contribution in [1.82, 2.24) is 4.98 Å². The summed E-state index contributed by atoms with van der Waals surface area (Å²) in [6, 6.07) is 5.96. The summed E-state index contributed by atoms with van der Waals surface area (Å²) in [7, 11) is 0. The summed E-state index contributed by atoms with van der Waals surface area (Å²) < 4.78 is 5.54. The lowest BCUT2D eigenvalue weighted by Crippen LogP contribution is -2.18. The molecule has 84 valence electrons. The van der Waals surface area contributed by atoms with Crippen molar-refractivity contribution in [2.75, 3.05) is 6.61 Å². The molecule has 0 aliphatic heterocycles. The van der Waals surface area contributed by atoms with Gasteiger partial charge in [0.15, 0.2) is 0 Å². The highest BCUT2D eigenvalue weighted by molar-refractivity contribution is 5.16. The first-order valence-electron chi connectivity index (χ1n) is 5.42. The van der Waals surface area contributed by atoms with E-state index in [2.05, 4.69) is 18.8 Å². The molecule has 1 unspecified atom stereocenters. The van der Waals surface area contributed by atoms with E-state index in [9.17, 15) is 0 Å². The van der Waals surface area contributed by atoms with Crippen LogP contribution in [-0.4, -0.2) is 17.6 Å². The standard InChI is InChI=1S/C12H20N2O/c1-9(2)8-15-12-6-4-5-11(14-12)7-10(3)13/h4-6,9-10H,7-8,13H2,1-3H3. The Balaban J connectivity index is 2.57. The van der Waals surface area contributed by atoms with Crippen molar-refractivity contribution >= 4 is 0 Å². The monoisotopic (exact) mass is 208 g/mol. The van der Waals surface area contributed by atoms with E-state index in [0.717, 1.165) is 12.1 Å². The molecule has 0 spiro atoms. The average molecular weight is 208 g/mol. The number of hydrogen-bond acceptors (Lipinski definition) is 3. The molecule has 3 heteroatoms. The van der Waals surface area contributed by atoms with Crippen molar-refractivity contribution in [3.8, 4) is 5.88 Å². The normalized spacial score (nSPS) is 12.9. The Bertz CT molecular complexity index is 297. The van der Waals surface area contributed by atoms with Crippen LogP contribution in [0.25, 0.3) is 0 Å². The number of aromatic nitrogens is 1. The van der Waals surface area contributed by atoms with Crippen LogP contribution in [0.4, 0.5) is 0 Å². The van der Waals surface area contributed by atoms with E-state index in [0.29, 0.717) is 18.4 Å². The molecule has 0 fully saturated rings. The zero-order chi connectivity index (χ0) is 11.3. The maximum atomic E-state index is 5.72. The third-order valence-corrected chi connectivity index (χ3v) is 1.88. The van der Waals surface area contributed by atoms with Crippen molar-refractivity contribution in [3.05, 3.63) is 23.9 Å². The Hall–Kier alpha value is -1.09. The third kappa shape index (κ3) is 4.79. The van der Waals surface area contributed by atoms with Gasteiger partial charge in [0.05, 0.1) is 6.61 Å². The van der Waals surface area contributed by atoms with Gasteiger partial charge in [-0.15, -0.1) is 0 Å². The number of nitrogens with zero attached hydrogens (tertiary/aromatic N) is 1. The average Bonchev–Trinajstić information content (AvgIpc) is 2.14. The topological polar surface area (TPSA) is 48.1 Å². The molecule has 1 aromatic rings. The molecule has 3 nitrogen and oxygen atoms in total. The largest absolute Gasteiger partial charge is 0.477 e. The van der Waals surface area contributed by atoms with Crippen molar-refractivity contribution in [2.45, 2.75) is 33.2 Å². The van der Waals surface area contributed by atoms with Gasteiger partial charge >= 0.3 is 0 Å². The lowest BCUT2D eigenvalue weighted by atomic mass is 10.2. The molecule has 1 rings (SSSR count). The fraction of sp³-hybridized carbons (Fsp3) is 0.583. The van der Waals surface area contributed by atoms with Gasteiger partial charge in [-0.05, 0) is 18.9 Å². The Kier molecular flexibility index (Phi) is 4.56. The fourth-order valence-corrected chi connectivity index (χ4v) is 1.23. The summed E-state index contributed by atoms with van der Waals surface area (Å²) in [5, 5.41) is 0. The van der Waals surface area contributed by atoms with Gasteiger partial charge in [0, 0.05) is 24.2 Å². The first-order chi connectivity index (χ1) is 7.08. The SMILES string of the molecule is CC(C)COc1cccc(CC(C)N)n1. The maximum absolute atomic E-state index is 5.72. The van der Waals surface area contributed by atoms with E-state index < -0.39 is 0 Å². The summed E-state index contributed by atoms with van der Waals surface area (Å²) in [6.45, 7) is 6.91. The molecule has 0 radical (unpaired) electrons. The molecule has 1 aromatic heterocycles. The van der Waals surface area contributed by atoms with Gasteiger partial charge in [-0.1, -0.05) is 19.9 Å². The van der Waals surface area contributed by atoms with Gasteiger partial charge in [0.2, 0.25) is 5.88 Å². The predicted octanol–water partition coefficient (Wildman–Crippen LogP) is 2.01. The number of hydrogen-bond donors (Lipinski definition) is 1. The molecule has 0 aliphatic carbocycles. The van der Waals surface area contributed by atoms with Gasteiger partial charge in [0.1, 0.15) is 0 Å². The highest BCUT2D eigenvalue weighted by atomic mass is 16.5. The molecule has 15 heavy (non-hydrogen) atoms. The lowest BCUT2D eigenvalue weighted by Gasteiger charge is -2.09. The summed E-state index contributed by atoms with van der Waals surface area (Å²) >= 11 is 0. The van der Waals surface area contributed by atoms with Crippen molar-refractivity contribution < 1.29 is 4.74 Å². The zero-order valence-electron chi connectivity index (χ0n) is 9.73. The molecule has 2 N–H and O–H groups in total. The molecular formula is C12H20N2O. The summed E-state index contributed by atoms with van der Waals surface area (Å²) in [5.74, 6) is 1.21. The quantitative estimate of drug-likeness (QED) is 0.805. The van der Waals surface area contributed by atoms with Crippen LogP contribution in [-0.2, 0) is 6.42 Å². The van der Waals surface area contributed by atoms with Crippen LogP contribution >= 0.6 is 0 Å². The van der Waals surface area contributed by atoms with Crippen molar-refractivity contribution in [1.29, 1.82) is 0 Å². The van der Waals surface area contributed by atoms with Crippen LogP contribution in [0.3, 0.4) is 0 Å². The first kappa shape index (κ1) is 12.0. The minimum Gasteiger partial charge on any atom is -0.477 e. The minimum atomic E-state index is 0.137.